The Labute approximate surface area is 157 Å². The van der Waals surface area contributed by atoms with Crippen LogP contribution in [0, 0.1) is 5.92 Å². The molecule has 0 spiro atoms. The fourth-order valence-corrected chi connectivity index (χ4v) is 5.62. The lowest BCUT2D eigenvalue weighted by atomic mass is 9.61. The third-order valence-electron chi connectivity index (χ3n) is 6.75. The molecule has 2 aromatic rings. The summed E-state index contributed by atoms with van der Waals surface area (Å²) in [5.74, 6) is 1.63. The highest BCUT2D eigenvalue weighted by molar-refractivity contribution is 5.84. The van der Waals surface area contributed by atoms with Crippen LogP contribution in [0.1, 0.15) is 59.4 Å². The van der Waals surface area contributed by atoms with Crippen molar-refractivity contribution < 1.29 is 0 Å². The molecule has 26 heavy (non-hydrogen) atoms. The summed E-state index contributed by atoms with van der Waals surface area (Å²) in [6, 6.07) is 9.39. The van der Waals surface area contributed by atoms with Gasteiger partial charge in [-0.2, -0.15) is 0 Å². The van der Waals surface area contributed by atoms with Crippen molar-refractivity contribution in [2.45, 2.75) is 71.5 Å². The van der Waals surface area contributed by atoms with Gasteiger partial charge in [0.05, 0.1) is 6.20 Å². The van der Waals surface area contributed by atoms with Crippen molar-refractivity contribution in [1.82, 2.24) is 9.97 Å². The summed E-state index contributed by atoms with van der Waals surface area (Å²) in [5.41, 5.74) is 4.19. The zero-order valence-corrected chi connectivity index (χ0v) is 16.6. The molecule has 4 rings (SSSR count). The van der Waals surface area contributed by atoms with Gasteiger partial charge in [0.25, 0.3) is 0 Å². The first-order valence-electron chi connectivity index (χ1n) is 10.1. The number of fused-ring (bicyclic) bond motifs is 5. The number of hydrogen-bond donors (Lipinski definition) is 0. The minimum Gasteiger partial charge on any atom is -0.331 e. The van der Waals surface area contributed by atoms with Crippen molar-refractivity contribution in [2.24, 2.45) is 5.92 Å². The Morgan fingerprint density at radius 1 is 1.08 bits per heavy atom. The van der Waals surface area contributed by atoms with E-state index in [-0.39, 0.29) is 5.41 Å². The first kappa shape index (κ1) is 17.3. The van der Waals surface area contributed by atoms with E-state index in [1.54, 1.807) is 6.33 Å². The number of para-hydroxylation sites is 1. The van der Waals surface area contributed by atoms with Gasteiger partial charge < -0.3 is 9.80 Å². The molecule has 4 heteroatoms. The van der Waals surface area contributed by atoms with Crippen molar-refractivity contribution in [3.63, 3.8) is 0 Å². The third-order valence-corrected chi connectivity index (χ3v) is 6.75. The predicted octanol–water partition coefficient (Wildman–Crippen LogP) is 5.27. The third kappa shape index (κ3) is 2.07. The van der Waals surface area contributed by atoms with Crippen LogP contribution in [0.3, 0.4) is 0 Å². The standard InChI is InChI=1S/C22H30N4/c1-6-16-21-25(15(4)5)20-19(13-23-14-24-20)26(21)18-12-10-9-11-17(18)22(16,7-2)8-3/h9-16,21H,6-8H2,1-5H3. The highest BCUT2D eigenvalue weighted by Crippen LogP contribution is 2.58. The van der Waals surface area contributed by atoms with Crippen LogP contribution in [0.25, 0.3) is 0 Å². The summed E-state index contributed by atoms with van der Waals surface area (Å²) in [6.45, 7) is 11.6. The average molecular weight is 351 g/mol. The summed E-state index contributed by atoms with van der Waals surface area (Å²) in [4.78, 5) is 14.1. The molecular weight excluding hydrogens is 320 g/mol. The topological polar surface area (TPSA) is 32.3 Å². The fraction of sp³-hybridized carbons (Fsp3) is 0.545. The maximum atomic E-state index is 4.70. The molecule has 1 aromatic carbocycles. The lowest BCUT2D eigenvalue weighted by Crippen LogP contribution is -2.58. The second-order valence-electron chi connectivity index (χ2n) is 7.91. The Bertz CT molecular complexity index is 796. The van der Waals surface area contributed by atoms with E-state index in [2.05, 4.69) is 73.7 Å². The van der Waals surface area contributed by atoms with E-state index >= 15 is 0 Å². The molecule has 0 fully saturated rings. The number of rotatable bonds is 4. The molecule has 4 nitrogen and oxygen atoms in total. The van der Waals surface area contributed by atoms with Crippen LogP contribution in [-0.2, 0) is 5.41 Å². The van der Waals surface area contributed by atoms with Gasteiger partial charge in [0.15, 0.2) is 5.82 Å². The molecule has 138 valence electrons. The average Bonchev–Trinajstić information content (AvgIpc) is 3.02. The van der Waals surface area contributed by atoms with Crippen LogP contribution in [0.5, 0.6) is 0 Å². The van der Waals surface area contributed by atoms with Crippen LogP contribution in [-0.4, -0.2) is 22.2 Å². The number of benzene rings is 1. The van der Waals surface area contributed by atoms with E-state index in [0.717, 1.165) is 30.8 Å². The SMILES string of the molecule is CCC1C2N(c3ccccc3C1(CC)CC)c1cncnc1N2C(C)C. The summed E-state index contributed by atoms with van der Waals surface area (Å²) in [6.07, 6.45) is 7.47. The molecule has 1 aromatic heterocycles. The van der Waals surface area contributed by atoms with Gasteiger partial charge >= 0.3 is 0 Å². The molecule has 0 bridgehead atoms. The molecule has 0 radical (unpaired) electrons. The zero-order chi connectivity index (χ0) is 18.5. The van der Waals surface area contributed by atoms with Crippen molar-refractivity contribution in [3.05, 3.63) is 42.4 Å². The molecule has 0 aliphatic carbocycles. The molecule has 0 saturated carbocycles. The second-order valence-corrected chi connectivity index (χ2v) is 7.91. The minimum atomic E-state index is 0.203. The van der Waals surface area contributed by atoms with Crippen molar-refractivity contribution >= 4 is 17.2 Å². The number of anilines is 3. The van der Waals surface area contributed by atoms with Crippen molar-refractivity contribution in [2.75, 3.05) is 9.80 Å². The number of nitrogens with zero attached hydrogens (tertiary/aromatic N) is 4. The summed E-state index contributed by atoms with van der Waals surface area (Å²) in [5, 5.41) is 0. The van der Waals surface area contributed by atoms with Gasteiger partial charge in [0, 0.05) is 23.1 Å². The highest BCUT2D eigenvalue weighted by Gasteiger charge is 2.55. The van der Waals surface area contributed by atoms with Gasteiger partial charge in [0.1, 0.15) is 18.2 Å². The quantitative estimate of drug-likeness (QED) is 0.752. The normalized spacial score (nSPS) is 23.0. The van der Waals surface area contributed by atoms with E-state index in [1.165, 1.54) is 11.3 Å². The molecule has 2 unspecified atom stereocenters. The van der Waals surface area contributed by atoms with E-state index < -0.39 is 0 Å². The van der Waals surface area contributed by atoms with Crippen molar-refractivity contribution in [1.29, 1.82) is 0 Å². The Balaban J connectivity index is 2.03. The van der Waals surface area contributed by atoms with Gasteiger partial charge in [-0.05, 0) is 44.7 Å². The van der Waals surface area contributed by atoms with Crippen LogP contribution in [0.4, 0.5) is 17.2 Å². The van der Waals surface area contributed by atoms with Crippen LogP contribution in [0.2, 0.25) is 0 Å². The molecular formula is C22H30N4. The smallest absolute Gasteiger partial charge is 0.157 e. The summed E-state index contributed by atoms with van der Waals surface area (Å²) >= 11 is 0. The fourth-order valence-electron chi connectivity index (χ4n) is 5.62. The molecule has 2 atom stereocenters. The first-order chi connectivity index (χ1) is 12.6. The monoisotopic (exact) mass is 350 g/mol. The van der Waals surface area contributed by atoms with E-state index in [0.29, 0.717) is 18.1 Å². The van der Waals surface area contributed by atoms with Crippen LogP contribution >= 0.6 is 0 Å². The lowest BCUT2D eigenvalue weighted by molar-refractivity contribution is 0.185. The molecule has 0 saturated heterocycles. The minimum absolute atomic E-state index is 0.203. The molecule has 0 amide bonds. The highest BCUT2D eigenvalue weighted by atomic mass is 15.5. The Hall–Kier alpha value is -2.10. The Morgan fingerprint density at radius 2 is 1.81 bits per heavy atom. The van der Waals surface area contributed by atoms with Gasteiger partial charge in [-0.15, -0.1) is 0 Å². The Morgan fingerprint density at radius 3 is 2.46 bits per heavy atom. The van der Waals surface area contributed by atoms with E-state index in [1.807, 2.05) is 6.20 Å². The molecule has 0 N–H and O–H groups in total. The van der Waals surface area contributed by atoms with Gasteiger partial charge in [-0.25, -0.2) is 9.97 Å². The molecule has 2 aliphatic heterocycles. The van der Waals surface area contributed by atoms with Crippen LogP contribution < -0.4 is 9.80 Å². The van der Waals surface area contributed by atoms with Gasteiger partial charge in [-0.1, -0.05) is 39.0 Å². The molecule has 2 aliphatic rings. The first-order valence-corrected chi connectivity index (χ1v) is 10.1. The second kappa shape index (κ2) is 6.26. The number of aromatic nitrogens is 2. The maximum Gasteiger partial charge on any atom is 0.157 e. The summed E-state index contributed by atoms with van der Waals surface area (Å²) < 4.78 is 0. The van der Waals surface area contributed by atoms with Gasteiger partial charge in [-0.3, -0.25) is 0 Å². The zero-order valence-electron chi connectivity index (χ0n) is 16.6. The van der Waals surface area contributed by atoms with Gasteiger partial charge in [0.2, 0.25) is 0 Å². The maximum absolute atomic E-state index is 4.70. The predicted molar refractivity (Wildman–Crippen MR) is 108 cm³/mol. The van der Waals surface area contributed by atoms with Crippen molar-refractivity contribution in [3.8, 4) is 0 Å². The van der Waals surface area contributed by atoms with Crippen LogP contribution in [0.15, 0.2) is 36.8 Å². The summed E-state index contributed by atoms with van der Waals surface area (Å²) in [7, 11) is 0. The Kier molecular flexibility index (Phi) is 4.17. The van der Waals surface area contributed by atoms with E-state index in [9.17, 15) is 0 Å². The molecule has 3 heterocycles. The largest absolute Gasteiger partial charge is 0.331 e. The number of hydrogen-bond acceptors (Lipinski definition) is 4. The lowest BCUT2D eigenvalue weighted by Gasteiger charge is -2.54. The van der Waals surface area contributed by atoms with E-state index in [4.69, 9.17) is 4.98 Å².